The predicted molar refractivity (Wildman–Crippen MR) is 107 cm³/mol. The second-order valence-electron chi connectivity index (χ2n) is 4.96. The molecule has 2 aromatic rings. The molecule has 8 heteroatoms. The molecule has 3 heterocycles. The van der Waals surface area contributed by atoms with Crippen molar-refractivity contribution in [3.8, 4) is 0 Å². The van der Waals surface area contributed by atoms with E-state index in [1.54, 1.807) is 12.5 Å². The maximum Gasteiger partial charge on any atom is 0.196 e. The molecule has 0 aromatic carbocycles. The smallest absolute Gasteiger partial charge is 0.196 e. The molecule has 2 N–H and O–H groups in total. The number of pyridine rings is 1. The summed E-state index contributed by atoms with van der Waals surface area (Å²) in [7, 11) is 4.96. The van der Waals surface area contributed by atoms with Crippen molar-refractivity contribution in [3.63, 3.8) is 0 Å². The Hall–Kier alpha value is -1.70. The lowest BCUT2D eigenvalue weighted by Crippen LogP contribution is -2.09. The van der Waals surface area contributed by atoms with Gasteiger partial charge in [-0.05, 0) is 6.07 Å². The van der Waals surface area contributed by atoms with Gasteiger partial charge < -0.3 is 15.3 Å². The van der Waals surface area contributed by atoms with Gasteiger partial charge in [-0.1, -0.05) is 20.3 Å². The number of Topliss-reactive ketones (excluding diaryl/α,β-unsaturated/α-hetero) is 1. The van der Waals surface area contributed by atoms with Crippen molar-refractivity contribution in [1.29, 1.82) is 0 Å². The zero-order valence-corrected chi connectivity index (χ0v) is 16.3. The van der Waals surface area contributed by atoms with E-state index in [2.05, 4.69) is 29.1 Å². The average Bonchev–Trinajstić information content (AvgIpc) is 2.83. The fraction of sp³-hybridized carbons (Fsp3) is 0.438. The summed E-state index contributed by atoms with van der Waals surface area (Å²) in [5.74, 6) is 0.0407. The Morgan fingerprint density at radius 1 is 1.33 bits per heavy atom. The van der Waals surface area contributed by atoms with E-state index in [4.69, 9.17) is 5.11 Å². The summed E-state index contributed by atoms with van der Waals surface area (Å²) >= 11 is 1.42. The summed E-state index contributed by atoms with van der Waals surface area (Å²) in [4.78, 5) is 23.9. The molecule has 0 radical (unpaired) electrons. The van der Waals surface area contributed by atoms with Crippen LogP contribution in [0.4, 0.5) is 11.4 Å². The van der Waals surface area contributed by atoms with Crippen LogP contribution in [-0.4, -0.2) is 50.0 Å². The maximum absolute atomic E-state index is 12.0. The Kier molecular flexibility index (Phi) is 10.2. The van der Waals surface area contributed by atoms with Crippen LogP contribution in [0.5, 0.6) is 0 Å². The first-order valence-electron chi connectivity index (χ1n) is 7.41. The summed E-state index contributed by atoms with van der Waals surface area (Å²) in [6.45, 7) is 4.45. The van der Waals surface area contributed by atoms with E-state index in [0.29, 0.717) is 4.88 Å². The minimum Gasteiger partial charge on any atom is -0.400 e. The van der Waals surface area contributed by atoms with E-state index in [1.807, 2.05) is 25.1 Å². The van der Waals surface area contributed by atoms with Gasteiger partial charge >= 0.3 is 0 Å². The number of nitrogens with one attached hydrogen (secondary N) is 1. The summed E-state index contributed by atoms with van der Waals surface area (Å²) < 4.78 is 0. The van der Waals surface area contributed by atoms with Gasteiger partial charge in [-0.25, -0.2) is 4.98 Å². The predicted octanol–water partition coefficient (Wildman–Crippen LogP) is 3.45. The van der Waals surface area contributed by atoms with Crippen molar-refractivity contribution in [2.45, 2.75) is 20.3 Å². The number of aliphatic hydroxyl groups excluding tert-OH is 1. The van der Waals surface area contributed by atoms with Crippen LogP contribution in [0.1, 0.15) is 29.9 Å². The largest absolute Gasteiger partial charge is 0.400 e. The van der Waals surface area contributed by atoms with Crippen molar-refractivity contribution in [1.82, 2.24) is 4.98 Å². The van der Waals surface area contributed by atoms with Gasteiger partial charge in [-0.2, -0.15) is 0 Å². The number of hydrogen-bond donors (Lipinski definition) is 2. The van der Waals surface area contributed by atoms with Gasteiger partial charge in [0.2, 0.25) is 0 Å². The highest BCUT2D eigenvalue weighted by Gasteiger charge is 2.22. The molecule has 2 aromatic heterocycles. The fourth-order valence-corrected chi connectivity index (χ4v) is 3.08. The summed E-state index contributed by atoms with van der Waals surface area (Å²) in [5, 5.41) is 11.1. The molecule has 0 aliphatic carbocycles. The molecule has 0 amide bonds. The van der Waals surface area contributed by atoms with Gasteiger partial charge in [0, 0.05) is 27.4 Å². The van der Waals surface area contributed by atoms with E-state index >= 15 is 0 Å². The second kappa shape index (κ2) is 11.0. The summed E-state index contributed by atoms with van der Waals surface area (Å²) in [5.41, 5.74) is 1.88. The Morgan fingerprint density at radius 3 is 2.54 bits per heavy atom. The lowest BCUT2D eigenvalue weighted by Gasteiger charge is -2.14. The third-order valence-electron chi connectivity index (χ3n) is 2.84. The van der Waals surface area contributed by atoms with Gasteiger partial charge in [0.25, 0.3) is 0 Å². The molecule has 0 spiro atoms. The molecule has 0 bridgehead atoms. The molecule has 1 aliphatic rings. The third kappa shape index (κ3) is 4.90. The Labute approximate surface area is 153 Å². The number of anilines is 2. The quantitative estimate of drug-likeness (QED) is 0.801. The van der Waals surface area contributed by atoms with E-state index in [1.165, 1.54) is 17.8 Å². The van der Waals surface area contributed by atoms with E-state index in [9.17, 15) is 4.79 Å². The zero-order valence-electron chi connectivity index (χ0n) is 14.7. The molecule has 0 saturated heterocycles. The Morgan fingerprint density at radius 2 is 1.96 bits per heavy atom. The molecule has 0 atom stereocenters. The highest BCUT2D eigenvalue weighted by Crippen LogP contribution is 2.40. The second-order valence-corrected chi connectivity index (χ2v) is 5.95. The highest BCUT2D eigenvalue weighted by atomic mass is 35.5. The molecule has 1 aliphatic heterocycles. The number of halogens is 1. The number of ketones is 1. The van der Waals surface area contributed by atoms with Crippen molar-refractivity contribution in [3.05, 3.63) is 17.1 Å². The molecule has 0 fully saturated rings. The molecule has 6 nitrogen and oxygen atoms in total. The SMILES string of the molecule is CCC.CN(C)c1ccnc2sc3c(c12)NC=NCC3=O.CO.Cl. The van der Waals surface area contributed by atoms with E-state index in [0.717, 1.165) is 28.7 Å². The molecule has 134 valence electrons. The van der Waals surface area contributed by atoms with Crippen LogP contribution in [0.2, 0.25) is 0 Å². The van der Waals surface area contributed by atoms with Crippen LogP contribution in [0, 0.1) is 0 Å². The third-order valence-corrected chi connectivity index (χ3v) is 3.98. The topological polar surface area (TPSA) is 77.8 Å². The zero-order chi connectivity index (χ0) is 17.4. The molecule has 3 rings (SSSR count). The monoisotopic (exact) mass is 372 g/mol. The number of nitrogens with zero attached hydrogens (tertiary/aromatic N) is 3. The molecule has 0 saturated carbocycles. The number of aliphatic hydroxyl groups is 1. The Balaban J connectivity index is 0.000000799. The number of hydrogen-bond acceptors (Lipinski definition) is 7. The van der Waals surface area contributed by atoms with Gasteiger partial charge in [-0.15, -0.1) is 23.7 Å². The number of carbonyl (C=O) groups excluding carboxylic acids is 1. The van der Waals surface area contributed by atoms with Crippen molar-refractivity contribution < 1.29 is 9.90 Å². The minimum atomic E-state index is 0. The molecular formula is C16H25ClN4O2S. The molecule has 0 unspecified atom stereocenters. The lowest BCUT2D eigenvalue weighted by atomic mass is 10.2. The molecule has 24 heavy (non-hydrogen) atoms. The van der Waals surface area contributed by atoms with Crippen molar-refractivity contribution >= 4 is 57.5 Å². The van der Waals surface area contributed by atoms with Gasteiger partial charge in [0.15, 0.2) is 5.78 Å². The van der Waals surface area contributed by atoms with E-state index in [-0.39, 0.29) is 24.7 Å². The number of fused-ring (bicyclic) bond motifs is 3. The Bertz CT molecular complexity index is 686. The summed E-state index contributed by atoms with van der Waals surface area (Å²) in [6, 6.07) is 1.95. The number of aliphatic imine (C=N–C) groups is 1. The van der Waals surface area contributed by atoms with Gasteiger partial charge in [0.1, 0.15) is 11.4 Å². The maximum atomic E-state index is 12.0. The number of thiophene rings is 1. The van der Waals surface area contributed by atoms with Crippen LogP contribution in [-0.2, 0) is 0 Å². The first-order valence-corrected chi connectivity index (χ1v) is 8.23. The minimum absolute atomic E-state index is 0. The van der Waals surface area contributed by atoms with Crippen LogP contribution >= 0.6 is 23.7 Å². The van der Waals surface area contributed by atoms with Crippen LogP contribution in [0.3, 0.4) is 0 Å². The van der Waals surface area contributed by atoms with Gasteiger partial charge in [0.05, 0.1) is 28.0 Å². The number of rotatable bonds is 1. The van der Waals surface area contributed by atoms with E-state index < -0.39 is 0 Å². The van der Waals surface area contributed by atoms with Crippen LogP contribution in [0.15, 0.2) is 17.3 Å². The highest BCUT2D eigenvalue weighted by molar-refractivity contribution is 7.21. The fourth-order valence-electron chi connectivity index (χ4n) is 2.02. The van der Waals surface area contributed by atoms with Crippen molar-refractivity contribution in [2.75, 3.05) is 38.0 Å². The molecular weight excluding hydrogens is 348 g/mol. The van der Waals surface area contributed by atoms with Crippen LogP contribution < -0.4 is 10.2 Å². The lowest BCUT2D eigenvalue weighted by molar-refractivity contribution is 0.101. The first-order chi connectivity index (χ1) is 11.1. The van der Waals surface area contributed by atoms with Gasteiger partial charge in [-0.3, -0.25) is 9.79 Å². The van der Waals surface area contributed by atoms with Crippen LogP contribution in [0.25, 0.3) is 10.2 Å². The first kappa shape index (κ1) is 22.3. The summed E-state index contributed by atoms with van der Waals surface area (Å²) in [6.07, 6.45) is 4.61. The standard InChI is InChI=1S/C12H12N4OS.C3H8.CH4O.ClH/c1-16(2)7-3-4-14-12-9(7)10-11(18-12)8(17)5-13-6-15-10;1-3-2;1-2;/h3-4,6H,5H2,1-2H3,(H,13,15);3H2,1-2H3;2H,1H3;1H. The normalized spacial score (nSPS) is 11.7. The number of aromatic nitrogens is 1. The van der Waals surface area contributed by atoms with Crippen molar-refractivity contribution in [2.24, 2.45) is 4.99 Å². The average molecular weight is 373 g/mol. The number of carbonyl (C=O) groups is 1.